The Labute approximate surface area is 126 Å². The third-order valence-electron chi connectivity index (χ3n) is 3.86. The monoisotopic (exact) mass is 325 g/mol. The van der Waals surface area contributed by atoms with Gasteiger partial charge < -0.3 is 10.6 Å². The maximum Gasteiger partial charge on any atom is 0.237 e. The Bertz CT molecular complexity index is 406. The van der Waals surface area contributed by atoms with Gasteiger partial charge in [0.15, 0.2) is 0 Å². The number of carbonyl (C=O) groups is 1. The minimum absolute atomic E-state index is 0. The van der Waals surface area contributed by atoms with E-state index in [-0.39, 0.29) is 36.7 Å². The van der Waals surface area contributed by atoms with Crippen molar-refractivity contribution in [2.24, 2.45) is 5.92 Å². The van der Waals surface area contributed by atoms with Crippen LogP contribution in [0.25, 0.3) is 0 Å². The summed E-state index contributed by atoms with van der Waals surface area (Å²) in [6.45, 7) is 1.58. The van der Waals surface area contributed by atoms with Gasteiger partial charge in [0.2, 0.25) is 15.9 Å². The van der Waals surface area contributed by atoms with E-state index in [0.717, 1.165) is 32.2 Å². The molecule has 118 valence electrons. The zero-order valence-electron chi connectivity index (χ0n) is 11.6. The van der Waals surface area contributed by atoms with Gasteiger partial charge in [0.25, 0.3) is 0 Å². The molecule has 6 nitrogen and oxygen atoms in total. The van der Waals surface area contributed by atoms with E-state index in [1.54, 1.807) is 0 Å². The molecular weight excluding hydrogens is 302 g/mol. The van der Waals surface area contributed by atoms with Crippen molar-refractivity contribution >= 4 is 28.3 Å². The van der Waals surface area contributed by atoms with Gasteiger partial charge in [-0.1, -0.05) is 6.42 Å². The summed E-state index contributed by atoms with van der Waals surface area (Å²) in [6.07, 6.45) is 5.27. The highest BCUT2D eigenvalue weighted by atomic mass is 35.5. The first-order valence-corrected chi connectivity index (χ1v) is 8.70. The zero-order valence-corrected chi connectivity index (χ0v) is 13.2. The predicted octanol–water partition coefficient (Wildman–Crippen LogP) is -0.00410. The molecule has 0 radical (unpaired) electrons. The Balaban J connectivity index is 0.00000200. The number of amides is 1. The van der Waals surface area contributed by atoms with Crippen molar-refractivity contribution in [2.45, 2.75) is 38.1 Å². The first-order valence-electron chi connectivity index (χ1n) is 7.05. The van der Waals surface area contributed by atoms with Gasteiger partial charge >= 0.3 is 0 Å². The van der Waals surface area contributed by atoms with Crippen molar-refractivity contribution in [3.63, 3.8) is 0 Å². The van der Waals surface area contributed by atoms with Gasteiger partial charge in [-0.05, 0) is 38.1 Å². The number of rotatable bonds is 7. The van der Waals surface area contributed by atoms with Crippen molar-refractivity contribution in [2.75, 3.05) is 25.4 Å². The lowest BCUT2D eigenvalue weighted by molar-refractivity contribution is -0.122. The van der Waals surface area contributed by atoms with E-state index in [2.05, 4.69) is 15.4 Å². The molecule has 2 rings (SSSR count). The first-order chi connectivity index (χ1) is 9.07. The van der Waals surface area contributed by atoms with Gasteiger partial charge in [-0.15, -0.1) is 12.4 Å². The topological polar surface area (TPSA) is 87.3 Å². The predicted molar refractivity (Wildman–Crippen MR) is 80.4 cm³/mol. The van der Waals surface area contributed by atoms with Crippen LogP contribution in [0, 0.1) is 5.92 Å². The highest BCUT2D eigenvalue weighted by molar-refractivity contribution is 7.89. The minimum Gasteiger partial charge on any atom is -0.354 e. The highest BCUT2D eigenvalue weighted by Crippen LogP contribution is 2.25. The zero-order chi connectivity index (χ0) is 13.7. The Morgan fingerprint density at radius 1 is 1.20 bits per heavy atom. The fourth-order valence-electron chi connectivity index (χ4n) is 2.35. The molecule has 3 N–H and O–H groups in total. The fraction of sp³-hybridized carbons (Fsp3) is 0.917. The molecule has 1 aliphatic carbocycles. The standard InChI is InChI=1S/C12H23N3O3S.ClH/c16-12(11-5-2-6-13-11)14-7-8-19(17,18)15-9-10-3-1-4-10;/h10-11,13,15H,1-9H2,(H,14,16);1H. The Morgan fingerprint density at radius 2 is 1.95 bits per heavy atom. The van der Waals surface area contributed by atoms with E-state index in [9.17, 15) is 13.2 Å². The maximum atomic E-state index is 11.7. The molecule has 0 spiro atoms. The second kappa shape index (κ2) is 8.17. The molecule has 0 aromatic carbocycles. The Morgan fingerprint density at radius 3 is 2.50 bits per heavy atom. The van der Waals surface area contributed by atoms with Crippen LogP contribution in [0.2, 0.25) is 0 Å². The number of hydrogen-bond donors (Lipinski definition) is 3. The lowest BCUT2D eigenvalue weighted by atomic mass is 9.86. The molecule has 1 aliphatic heterocycles. The summed E-state index contributed by atoms with van der Waals surface area (Å²) in [4.78, 5) is 11.7. The maximum absolute atomic E-state index is 11.7. The average Bonchev–Trinajstić information content (AvgIpc) is 2.79. The van der Waals surface area contributed by atoms with Gasteiger partial charge in [-0.3, -0.25) is 4.79 Å². The lowest BCUT2D eigenvalue weighted by Gasteiger charge is -2.25. The molecular formula is C12H24ClN3O3S. The van der Waals surface area contributed by atoms with Crippen LogP contribution in [0.5, 0.6) is 0 Å². The normalized spacial score (nSPS) is 22.9. The van der Waals surface area contributed by atoms with Gasteiger partial charge in [-0.2, -0.15) is 0 Å². The largest absolute Gasteiger partial charge is 0.354 e. The molecule has 1 saturated carbocycles. The molecule has 1 heterocycles. The Hall–Kier alpha value is -0.370. The molecule has 20 heavy (non-hydrogen) atoms. The van der Waals surface area contributed by atoms with E-state index >= 15 is 0 Å². The van der Waals surface area contributed by atoms with Gasteiger partial charge in [0, 0.05) is 13.1 Å². The van der Waals surface area contributed by atoms with E-state index < -0.39 is 10.0 Å². The van der Waals surface area contributed by atoms with Crippen LogP contribution in [-0.4, -0.2) is 45.8 Å². The summed E-state index contributed by atoms with van der Waals surface area (Å²) in [5.41, 5.74) is 0. The average molecular weight is 326 g/mol. The quantitative estimate of drug-likeness (QED) is 0.614. The molecule has 0 aromatic rings. The Kier molecular flexibility index (Phi) is 7.22. The molecule has 2 fully saturated rings. The summed E-state index contributed by atoms with van der Waals surface area (Å²) < 4.78 is 26.0. The van der Waals surface area contributed by atoms with Crippen molar-refractivity contribution < 1.29 is 13.2 Å². The van der Waals surface area contributed by atoms with Crippen LogP contribution >= 0.6 is 12.4 Å². The van der Waals surface area contributed by atoms with Gasteiger partial charge in [0.1, 0.15) is 0 Å². The second-order valence-electron chi connectivity index (χ2n) is 5.40. The molecule has 0 bridgehead atoms. The number of hydrogen-bond acceptors (Lipinski definition) is 4. The SMILES string of the molecule is Cl.O=C(NCCS(=O)(=O)NCC1CCC1)C1CCCN1. The van der Waals surface area contributed by atoms with Crippen molar-refractivity contribution in [1.82, 2.24) is 15.4 Å². The fourth-order valence-corrected chi connectivity index (χ4v) is 3.36. The lowest BCUT2D eigenvalue weighted by Crippen LogP contribution is -2.43. The molecule has 1 unspecified atom stereocenters. The van der Waals surface area contributed by atoms with Gasteiger partial charge in [-0.25, -0.2) is 13.1 Å². The van der Waals surface area contributed by atoms with Crippen LogP contribution in [0.1, 0.15) is 32.1 Å². The van der Waals surface area contributed by atoms with Crippen LogP contribution in [0.15, 0.2) is 0 Å². The molecule has 1 amide bonds. The second-order valence-corrected chi connectivity index (χ2v) is 7.33. The third kappa shape index (κ3) is 5.55. The third-order valence-corrected chi connectivity index (χ3v) is 5.21. The van der Waals surface area contributed by atoms with Crippen molar-refractivity contribution in [3.8, 4) is 0 Å². The summed E-state index contributed by atoms with van der Waals surface area (Å²) in [5.74, 6) is 0.372. The minimum atomic E-state index is -3.26. The molecule has 1 atom stereocenters. The van der Waals surface area contributed by atoms with Crippen LogP contribution < -0.4 is 15.4 Å². The van der Waals surface area contributed by atoms with E-state index in [1.165, 1.54) is 6.42 Å². The van der Waals surface area contributed by atoms with E-state index in [0.29, 0.717) is 12.5 Å². The summed E-state index contributed by atoms with van der Waals surface area (Å²) in [6, 6.07) is -0.148. The molecule has 1 saturated heterocycles. The summed E-state index contributed by atoms with van der Waals surface area (Å²) >= 11 is 0. The van der Waals surface area contributed by atoms with E-state index in [1.807, 2.05) is 0 Å². The van der Waals surface area contributed by atoms with Crippen LogP contribution in [0.3, 0.4) is 0 Å². The van der Waals surface area contributed by atoms with Crippen LogP contribution in [0.4, 0.5) is 0 Å². The number of sulfonamides is 1. The molecule has 2 aliphatic rings. The van der Waals surface area contributed by atoms with E-state index in [4.69, 9.17) is 0 Å². The molecule has 8 heteroatoms. The first kappa shape index (κ1) is 17.7. The van der Waals surface area contributed by atoms with Crippen molar-refractivity contribution in [1.29, 1.82) is 0 Å². The summed E-state index contributed by atoms with van der Waals surface area (Å²) in [5, 5.41) is 5.76. The number of carbonyl (C=O) groups excluding carboxylic acids is 1. The molecule has 0 aromatic heterocycles. The van der Waals surface area contributed by atoms with Crippen LogP contribution in [-0.2, 0) is 14.8 Å². The van der Waals surface area contributed by atoms with Gasteiger partial charge in [0.05, 0.1) is 11.8 Å². The number of nitrogens with one attached hydrogen (secondary N) is 3. The van der Waals surface area contributed by atoms with Crippen molar-refractivity contribution in [3.05, 3.63) is 0 Å². The highest BCUT2D eigenvalue weighted by Gasteiger charge is 2.23. The summed E-state index contributed by atoms with van der Waals surface area (Å²) in [7, 11) is -3.26. The number of halogens is 1. The smallest absolute Gasteiger partial charge is 0.237 e.